The second kappa shape index (κ2) is 5.55. The molecule has 1 aromatic heterocycles. The molecule has 1 heterocycles. The minimum atomic E-state index is -4.67. The highest BCUT2D eigenvalue weighted by Gasteiger charge is 2.38. The van der Waals surface area contributed by atoms with Crippen LogP contribution in [-0.2, 0) is 11.0 Å². The Balaban J connectivity index is 2.23. The van der Waals surface area contributed by atoms with E-state index in [9.17, 15) is 18.0 Å². The van der Waals surface area contributed by atoms with Gasteiger partial charge >= 0.3 is 12.1 Å². The molecule has 0 saturated heterocycles. The topological polar surface area (TPSA) is 59.2 Å². The molecule has 21 heavy (non-hydrogen) atoms. The largest absolute Gasteiger partial charge is 0.471 e. The van der Waals surface area contributed by atoms with Gasteiger partial charge in [0.1, 0.15) is 0 Å². The fraction of sp³-hybridized carbons (Fsp3) is 0.308. The van der Waals surface area contributed by atoms with Crippen molar-refractivity contribution in [2.24, 2.45) is 0 Å². The second-order valence-electron chi connectivity index (χ2n) is 4.27. The van der Waals surface area contributed by atoms with Crippen molar-refractivity contribution in [3.8, 4) is 11.4 Å². The lowest BCUT2D eigenvalue weighted by Gasteiger charge is -2.16. The van der Waals surface area contributed by atoms with Gasteiger partial charge in [0.05, 0.1) is 0 Å². The monoisotopic (exact) mass is 299 g/mol. The van der Waals surface area contributed by atoms with E-state index < -0.39 is 12.1 Å². The first-order valence-electron chi connectivity index (χ1n) is 6.11. The molecule has 5 nitrogen and oxygen atoms in total. The Kier molecular flexibility index (Phi) is 3.97. The normalized spacial score (nSPS) is 11.5. The summed E-state index contributed by atoms with van der Waals surface area (Å²) in [4.78, 5) is 16.3. The first kappa shape index (κ1) is 15.0. The van der Waals surface area contributed by atoms with Crippen LogP contribution in [0, 0.1) is 0 Å². The number of halogens is 3. The maximum atomic E-state index is 12.4. The van der Waals surface area contributed by atoms with E-state index >= 15 is 0 Å². The minimum absolute atomic E-state index is 0.0679. The van der Waals surface area contributed by atoms with Crippen molar-refractivity contribution in [2.45, 2.75) is 19.5 Å². The molecular weight excluding hydrogens is 287 g/mol. The number of aromatic nitrogens is 2. The molecule has 1 amide bonds. The van der Waals surface area contributed by atoms with E-state index in [4.69, 9.17) is 0 Å². The molecule has 0 unspecified atom stereocenters. The molecule has 0 aliphatic rings. The van der Waals surface area contributed by atoms with Crippen LogP contribution < -0.4 is 4.90 Å². The van der Waals surface area contributed by atoms with Crippen LogP contribution in [0.4, 0.5) is 18.9 Å². The van der Waals surface area contributed by atoms with Gasteiger partial charge in [0, 0.05) is 24.7 Å². The van der Waals surface area contributed by atoms with Crippen LogP contribution in [0.1, 0.15) is 19.2 Å². The number of carbonyl (C=O) groups excluding carboxylic acids is 1. The van der Waals surface area contributed by atoms with Crippen molar-refractivity contribution < 1.29 is 22.5 Å². The fourth-order valence-electron chi connectivity index (χ4n) is 1.67. The number of benzene rings is 1. The molecule has 8 heteroatoms. The van der Waals surface area contributed by atoms with Crippen molar-refractivity contribution in [1.82, 2.24) is 10.1 Å². The highest BCUT2D eigenvalue weighted by molar-refractivity contribution is 5.92. The number of alkyl halides is 3. The summed E-state index contributed by atoms with van der Waals surface area (Å²) < 4.78 is 41.3. The summed E-state index contributed by atoms with van der Waals surface area (Å²) in [7, 11) is 1.62. The van der Waals surface area contributed by atoms with Gasteiger partial charge in [0.15, 0.2) is 0 Å². The predicted octanol–water partition coefficient (Wildman–Crippen LogP) is 3.13. The van der Waals surface area contributed by atoms with Crippen molar-refractivity contribution in [3.63, 3.8) is 0 Å². The smallest absolute Gasteiger partial charge is 0.329 e. The van der Waals surface area contributed by atoms with Crippen molar-refractivity contribution >= 4 is 11.6 Å². The highest BCUT2D eigenvalue weighted by atomic mass is 19.4. The van der Waals surface area contributed by atoms with E-state index in [-0.39, 0.29) is 11.7 Å². The number of carbonyl (C=O) groups is 1. The Morgan fingerprint density at radius 1 is 1.29 bits per heavy atom. The van der Waals surface area contributed by atoms with Gasteiger partial charge in [0.2, 0.25) is 11.7 Å². The lowest BCUT2D eigenvalue weighted by Crippen LogP contribution is -2.24. The Morgan fingerprint density at radius 3 is 2.38 bits per heavy atom. The summed E-state index contributed by atoms with van der Waals surface area (Å²) in [5.74, 6) is -1.61. The summed E-state index contributed by atoms with van der Waals surface area (Å²) in [6, 6.07) is 6.26. The zero-order valence-electron chi connectivity index (χ0n) is 11.3. The average Bonchev–Trinajstić information content (AvgIpc) is 2.95. The highest BCUT2D eigenvalue weighted by Crippen LogP contribution is 2.29. The lowest BCUT2D eigenvalue weighted by atomic mass is 10.2. The standard InChI is InChI=1S/C13H12F3N3O2/c1-3-10(20)19(2)9-6-4-8(5-7-9)11-17-12(21-18-11)13(14,15)16/h4-7H,3H2,1-2H3. The molecule has 1 aromatic carbocycles. The number of hydrogen-bond acceptors (Lipinski definition) is 4. The zero-order valence-corrected chi connectivity index (χ0v) is 11.3. The Hall–Kier alpha value is -2.38. The number of hydrogen-bond donors (Lipinski definition) is 0. The summed E-state index contributed by atoms with van der Waals surface area (Å²) in [6.07, 6.45) is -4.31. The van der Waals surface area contributed by atoms with Gasteiger partial charge in [-0.2, -0.15) is 18.2 Å². The molecule has 0 aliphatic carbocycles. The molecule has 0 fully saturated rings. The van der Waals surface area contributed by atoms with Gasteiger partial charge in [0.25, 0.3) is 0 Å². The molecule has 0 spiro atoms. The molecule has 0 bridgehead atoms. The van der Waals surface area contributed by atoms with Crippen LogP contribution in [-0.4, -0.2) is 23.1 Å². The molecule has 112 valence electrons. The molecule has 0 saturated carbocycles. The molecule has 0 radical (unpaired) electrons. The van der Waals surface area contributed by atoms with Gasteiger partial charge in [-0.1, -0.05) is 12.1 Å². The lowest BCUT2D eigenvalue weighted by molar-refractivity contribution is -0.159. The maximum absolute atomic E-state index is 12.4. The predicted molar refractivity (Wildman–Crippen MR) is 68.4 cm³/mol. The number of nitrogens with zero attached hydrogens (tertiary/aromatic N) is 3. The van der Waals surface area contributed by atoms with Gasteiger partial charge in [-0.15, -0.1) is 0 Å². The molecule has 0 N–H and O–H groups in total. The maximum Gasteiger partial charge on any atom is 0.471 e. The van der Waals surface area contributed by atoms with E-state index in [1.54, 1.807) is 26.1 Å². The Morgan fingerprint density at radius 2 is 1.90 bits per heavy atom. The summed E-state index contributed by atoms with van der Waals surface area (Å²) in [5.41, 5.74) is 1.00. The van der Waals surface area contributed by atoms with Crippen LogP contribution in [0.15, 0.2) is 28.8 Å². The molecular formula is C13H12F3N3O2. The van der Waals surface area contributed by atoms with Crippen LogP contribution >= 0.6 is 0 Å². The zero-order chi connectivity index (χ0) is 15.6. The SMILES string of the molecule is CCC(=O)N(C)c1ccc(-c2noc(C(F)(F)F)n2)cc1. The summed E-state index contributed by atoms with van der Waals surface area (Å²) >= 11 is 0. The quantitative estimate of drug-likeness (QED) is 0.873. The van der Waals surface area contributed by atoms with Gasteiger partial charge in [-0.05, 0) is 24.3 Å². The van der Waals surface area contributed by atoms with Crippen molar-refractivity contribution in [2.75, 3.05) is 11.9 Å². The third-order valence-corrected chi connectivity index (χ3v) is 2.86. The van der Waals surface area contributed by atoms with Gasteiger partial charge < -0.3 is 9.42 Å². The number of rotatable bonds is 3. The van der Waals surface area contributed by atoms with Crippen LogP contribution in [0.3, 0.4) is 0 Å². The molecule has 0 atom stereocenters. The Bertz CT molecular complexity index is 635. The Labute approximate surface area is 118 Å². The molecule has 0 aliphatic heterocycles. The molecule has 2 rings (SSSR count). The van der Waals surface area contributed by atoms with Crippen LogP contribution in [0.2, 0.25) is 0 Å². The summed E-state index contributed by atoms with van der Waals surface area (Å²) in [5, 5.41) is 3.29. The van der Waals surface area contributed by atoms with E-state index in [1.165, 1.54) is 17.0 Å². The van der Waals surface area contributed by atoms with Gasteiger partial charge in [-0.3, -0.25) is 4.79 Å². The van der Waals surface area contributed by atoms with E-state index in [1.807, 2.05) is 0 Å². The van der Waals surface area contributed by atoms with Crippen LogP contribution in [0.25, 0.3) is 11.4 Å². The second-order valence-corrected chi connectivity index (χ2v) is 4.27. The minimum Gasteiger partial charge on any atom is -0.329 e. The first-order valence-corrected chi connectivity index (χ1v) is 6.11. The van der Waals surface area contributed by atoms with Crippen molar-refractivity contribution in [3.05, 3.63) is 30.2 Å². The average molecular weight is 299 g/mol. The van der Waals surface area contributed by atoms with E-state index in [0.29, 0.717) is 17.7 Å². The first-order chi connectivity index (χ1) is 9.82. The van der Waals surface area contributed by atoms with Crippen LogP contribution in [0.5, 0.6) is 0 Å². The molecule has 2 aromatic rings. The van der Waals surface area contributed by atoms with Gasteiger partial charge in [-0.25, -0.2) is 0 Å². The fourth-order valence-corrected chi connectivity index (χ4v) is 1.67. The van der Waals surface area contributed by atoms with Crippen molar-refractivity contribution in [1.29, 1.82) is 0 Å². The number of anilines is 1. The third kappa shape index (κ3) is 3.21. The van der Waals surface area contributed by atoms with E-state index in [2.05, 4.69) is 14.7 Å². The number of amides is 1. The third-order valence-electron chi connectivity index (χ3n) is 2.86. The van der Waals surface area contributed by atoms with E-state index in [0.717, 1.165) is 0 Å². The summed E-state index contributed by atoms with van der Waals surface area (Å²) in [6.45, 7) is 1.74.